The van der Waals surface area contributed by atoms with Gasteiger partial charge < -0.3 is 10.6 Å². The standard InChI is InChI=1S/C13H19N3O/c1-10-3-2-4-12(16-10)13(17)15-9-11-5-7-14-8-6-11/h2-4,11,14H,5-9H2,1H3,(H,15,17). The van der Waals surface area contributed by atoms with Gasteiger partial charge in [-0.05, 0) is 50.9 Å². The molecule has 2 N–H and O–H groups in total. The van der Waals surface area contributed by atoms with Crippen molar-refractivity contribution in [3.63, 3.8) is 0 Å². The maximum Gasteiger partial charge on any atom is 0.269 e. The van der Waals surface area contributed by atoms with Gasteiger partial charge in [-0.25, -0.2) is 4.98 Å². The van der Waals surface area contributed by atoms with Crippen LogP contribution in [0, 0.1) is 12.8 Å². The summed E-state index contributed by atoms with van der Waals surface area (Å²) >= 11 is 0. The Morgan fingerprint density at radius 2 is 2.24 bits per heavy atom. The van der Waals surface area contributed by atoms with Gasteiger partial charge in [0, 0.05) is 12.2 Å². The number of carbonyl (C=O) groups excluding carboxylic acids is 1. The van der Waals surface area contributed by atoms with Crippen LogP contribution >= 0.6 is 0 Å². The van der Waals surface area contributed by atoms with Crippen molar-refractivity contribution >= 4 is 5.91 Å². The first-order chi connectivity index (χ1) is 8.25. The highest BCUT2D eigenvalue weighted by Gasteiger charge is 2.14. The maximum atomic E-state index is 11.9. The third-order valence-electron chi connectivity index (χ3n) is 3.13. The SMILES string of the molecule is Cc1cccc(C(=O)NCC2CCNCC2)n1. The van der Waals surface area contributed by atoms with Gasteiger partial charge in [-0.2, -0.15) is 0 Å². The van der Waals surface area contributed by atoms with Crippen LogP contribution in [0.15, 0.2) is 18.2 Å². The number of carbonyl (C=O) groups is 1. The van der Waals surface area contributed by atoms with E-state index in [0.717, 1.165) is 38.2 Å². The molecule has 2 rings (SSSR count). The highest BCUT2D eigenvalue weighted by atomic mass is 16.1. The molecular formula is C13H19N3O. The minimum absolute atomic E-state index is 0.0627. The van der Waals surface area contributed by atoms with Crippen molar-refractivity contribution in [2.45, 2.75) is 19.8 Å². The van der Waals surface area contributed by atoms with Crippen LogP contribution in [0.4, 0.5) is 0 Å². The monoisotopic (exact) mass is 233 g/mol. The molecule has 0 radical (unpaired) electrons. The molecule has 0 spiro atoms. The van der Waals surface area contributed by atoms with Crippen molar-refractivity contribution < 1.29 is 4.79 Å². The molecule has 0 saturated carbocycles. The second-order valence-electron chi connectivity index (χ2n) is 4.57. The molecule has 1 aromatic rings. The molecule has 1 aliphatic heterocycles. The quantitative estimate of drug-likeness (QED) is 0.822. The van der Waals surface area contributed by atoms with Crippen LogP contribution in [0.5, 0.6) is 0 Å². The van der Waals surface area contributed by atoms with Gasteiger partial charge >= 0.3 is 0 Å². The molecule has 0 unspecified atom stereocenters. The fourth-order valence-corrected chi connectivity index (χ4v) is 2.08. The molecular weight excluding hydrogens is 214 g/mol. The first kappa shape index (κ1) is 12.0. The van der Waals surface area contributed by atoms with E-state index in [9.17, 15) is 4.79 Å². The van der Waals surface area contributed by atoms with Crippen molar-refractivity contribution in [1.29, 1.82) is 0 Å². The second kappa shape index (κ2) is 5.77. The number of aromatic nitrogens is 1. The summed E-state index contributed by atoms with van der Waals surface area (Å²) < 4.78 is 0. The summed E-state index contributed by atoms with van der Waals surface area (Å²) in [6.45, 7) is 4.77. The van der Waals surface area contributed by atoms with E-state index in [0.29, 0.717) is 11.6 Å². The Balaban J connectivity index is 1.84. The lowest BCUT2D eigenvalue weighted by Gasteiger charge is -2.22. The van der Waals surface area contributed by atoms with Crippen molar-refractivity contribution in [3.8, 4) is 0 Å². The van der Waals surface area contributed by atoms with Crippen LogP contribution in [0.3, 0.4) is 0 Å². The lowest BCUT2D eigenvalue weighted by atomic mass is 9.98. The van der Waals surface area contributed by atoms with Crippen molar-refractivity contribution in [3.05, 3.63) is 29.6 Å². The summed E-state index contributed by atoms with van der Waals surface area (Å²) in [5, 5.41) is 6.28. The molecule has 1 aromatic heterocycles. The Morgan fingerprint density at radius 3 is 2.94 bits per heavy atom. The lowest BCUT2D eigenvalue weighted by Crippen LogP contribution is -2.36. The summed E-state index contributed by atoms with van der Waals surface area (Å²) in [5.41, 5.74) is 1.39. The molecule has 1 amide bonds. The van der Waals surface area contributed by atoms with E-state index in [1.165, 1.54) is 0 Å². The Morgan fingerprint density at radius 1 is 1.47 bits per heavy atom. The molecule has 0 aliphatic carbocycles. The molecule has 0 bridgehead atoms. The Labute approximate surface area is 102 Å². The number of rotatable bonds is 3. The normalized spacial score (nSPS) is 16.8. The molecule has 92 valence electrons. The molecule has 0 aromatic carbocycles. The second-order valence-corrected chi connectivity index (χ2v) is 4.57. The third-order valence-corrected chi connectivity index (χ3v) is 3.13. The largest absolute Gasteiger partial charge is 0.350 e. The molecule has 4 nitrogen and oxygen atoms in total. The minimum Gasteiger partial charge on any atom is -0.350 e. The van der Waals surface area contributed by atoms with Crippen LogP contribution in [0.25, 0.3) is 0 Å². The van der Waals surface area contributed by atoms with E-state index < -0.39 is 0 Å². The Kier molecular flexibility index (Phi) is 4.09. The van der Waals surface area contributed by atoms with E-state index in [1.807, 2.05) is 19.1 Å². The number of nitrogens with one attached hydrogen (secondary N) is 2. The molecule has 2 heterocycles. The zero-order valence-electron chi connectivity index (χ0n) is 10.2. The number of aryl methyl sites for hydroxylation is 1. The van der Waals surface area contributed by atoms with Gasteiger partial charge in [0.1, 0.15) is 5.69 Å². The third kappa shape index (κ3) is 3.53. The van der Waals surface area contributed by atoms with Crippen LogP contribution in [0.2, 0.25) is 0 Å². The summed E-state index contributed by atoms with van der Waals surface area (Å²) in [6.07, 6.45) is 2.28. The van der Waals surface area contributed by atoms with Gasteiger partial charge in [0.05, 0.1) is 0 Å². The van der Waals surface area contributed by atoms with Gasteiger partial charge in [-0.1, -0.05) is 6.07 Å². The van der Waals surface area contributed by atoms with E-state index in [1.54, 1.807) is 6.07 Å². The van der Waals surface area contributed by atoms with Gasteiger partial charge in [-0.3, -0.25) is 4.79 Å². The molecule has 17 heavy (non-hydrogen) atoms. The average Bonchev–Trinajstić information content (AvgIpc) is 2.37. The molecule has 0 atom stereocenters. The Hall–Kier alpha value is -1.42. The van der Waals surface area contributed by atoms with E-state index in [-0.39, 0.29) is 5.91 Å². The Bertz CT molecular complexity index is 386. The summed E-state index contributed by atoms with van der Waals surface area (Å²) in [4.78, 5) is 16.1. The highest BCUT2D eigenvalue weighted by Crippen LogP contribution is 2.10. The molecule has 1 fully saturated rings. The molecule has 1 saturated heterocycles. The number of hydrogen-bond acceptors (Lipinski definition) is 3. The van der Waals surface area contributed by atoms with Gasteiger partial charge in [0.2, 0.25) is 0 Å². The van der Waals surface area contributed by atoms with Crippen molar-refractivity contribution in [2.24, 2.45) is 5.92 Å². The predicted octanol–water partition coefficient (Wildman–Crippen LogP) is 1.12. The fourth-order valence-electron chi connectivity index (χ4n) is 2.08. The maximum absolute atomic E-state index is 11.9. The zero-order chi connectivity index (χ0) is 12.1. The van der Waals surface area contributed by atoms with Crippen LogP contribution in [0.1, 0.15) is 29.0 Å². The predicted molar refractivity (Wildman–Crippen MR) is 66.9 cm³/mol. The average molecular weight is 233 g/mol. The number of amides is 1. The minimum atomic E-state index is -0.0627. The topological polar surface area (TPSA) is 54.0 Å². The van der Waals surface area contributed by atoms with Gasteiger partial charge in [0.15, 0.2) is 0 Å². The highest BCUT2D eigenvalue weighted by molar-refractivity contribution is 5.92. The summed E-state index contributed by atoms with van der Waals surface area (Å²) in [6, 6.07) is 5.51. The first-order valence-corrected chi connectivity index (χ1v) is 6.18. The number of nitrogens with zero attached hydrogens (tertiary/aromatic N) is 1. The first-order valence-electron chi connectivity index (χ1n) is 6.18. The number of piperidine rings is 1. The molecule has 4 heteroatoms. The van der Waals surface area contributed by atoms with Crippen molar-refractivity contribution in [1.82, 2.24) is 15.6 Å². The number of hydrogen-bond donors (Lipinski definition) is 2. The molecule has 1 aliphatic rings. The van der Waals surface area contributed by atoms with Crippen LogP contribution in [-0.2, 0) is 0 Å². The van der Waals surface area contributed by atoms with Gasteiger partial charge in [-0.15, -0.1) is 0 Å². The lowest BCUT2D eigenvalue weighted by molar-refractivity contribution is 0.0939. The van der Waals surface area contributed by atoms with E-state index in [4.69, 9.17) is 0 Å². The smallest absolute Gasteiger partial charge is 0.269 e. The van der Waals surface area contributed by atoms with Gasteiger partial charge in [0.25, 0.3) is 5.91 Å². The van der Waals surface area contributed by atoms with E-state index in [2.05, 4.69) is 15.6 Å². The van der Waals surface area contributed by atoms with Crippen LogP contribution in [-0.4, -0.2) is 30.5 Å². The van der Waals surface area contributed by atoms with E-state index >= 15 is 0 Å². The van der Waals surface area contributed by atoms with Crippen molar-refractivity contribution in [2.75, 3.05) is 19.6 Å². The fraction of sp³-hybridized carbons (Fsp3) is 0.538. The number of pyridine rings is 1. The summed E-state index contributed by atoms with van der Waals surface area (Å²) in [5.74, 6) is 0.539. The van der Waals surface area contributed by atoms with Crippen LogP contribution < -0.4 is 10.6 Å². The summed E-state index contributed by atoms with van der Waals surface area (Å²) in [7, 11) is 0. The zero-order valence-corrected chi connectivity index (χ0v) is 10.2.